The van der Waals surface area contributed by atoms with Crippen LogP contribution < -0.4 is 31.2 Å². The molecule has 0 N–H and O–H groups in total. The number of hydrogen-bond acceptors (Lipinski definition) is 2. The number of ketones is 1. The lowest BCUT2D eigenvalue weighted by atomic mass is 9.12. The first kappa shape index (κ1) is 65.0. The van der Waals surface area contributed by atoms with E-state index in [1.54, 1.807) is 0 Å². The van der Waals surface area contributed by atoms with E-state index in [1.165, 1.54) is 102 Å². The normalized spacial score (nSPS) is 11.6. The summed E-state index contributed by atoms with van der Waals surface area (Å²) < 4.78 is 302. The van der Waals surface area contributed by atoms with Gasteiger partial charge < -0.3 is 4.74 Å². The molecule has 0 unspecified atom stereocenters. The Bertz CT molecular complexity index is 3070. The largest absolute Gasteiger partial charge is 0.494 e. The van der Waals surface area contributed by atoms with Gasteiger partial charge >= 0.3 is 0 Å². The second kappa shape index (κ2) is 28.9. The Morgan fingerprint density at radius 1 is 0.361 bits per heavy atom. The topological polar surface area (TPSA) is 30.2 Å². The lowest BCUT2D eigenvalue weighted by Crippen LogP contribution is -2.81. The molecule has 0 aliphatic heterocycles. The van der Waals surface area contributed by atoms with E-state index in [2.05, 4.69) is 25.1 Å². The van der Waals surface area contributed by atoms with E-state index in [1.807, 2.05) is 53.4 Å². The number of pyridine rings is 1. The maximum Gasteiger partial charge on any atom is 0.227 e. The third-order valence-electron chi connectivity index (χ3n) is 14.2. The Hall–Kier alpha value is -7.14. The molecule has 0 saturated carbocycles. The van der Waals surface area contributed by atoms with Gasteiger partial charge in [-0.05, 0) is 42.1 Å². The summed E-state index contributed by atoms with van der Waals surface area (Å²) in [5, 5.41) is 2.32. The van der Waals surface area contributed by atoms with Gasteiger partial charge in [0.1, 0.15) is 58.4 Å². The fraction of sp³-hybridized carbons (Fsp3) is 0.322. The smallest absolute Gasteiger partial charge is 0.227 e. The van der Waals surface area contributed by atoms with Gasteiger partial charge in [-0.2, -0.15) is 4.57 Å². The summed E-state index contributed by atoms with van der Waals surface area (Å²) in [6, 6.07) is 17.9. The number of rotatable bonds is 25. The minimum atomic E-state index is -7.22. The quantitative estimate of drug-likeness (QED) is 0.0109. The molecule has 24 heteroatoms. The predicted molar refractivity (Wildman–Crippen MR) is 269 cm³/mol. The van der Waals surface area contributed by atoms with Gasteiger partial charge in [0.2, 0.25) is 12.3 Å². The summed E-state index contributed by atoms with van der Waals surface area (Å²) in [7, 11) is 0. The van der Waals surface area contributed by atoms with Gasteiger partial charge in [-0.25, -0.2) is 87.8 Å². The first-order chi connectivity index (χ1) is 39.5. The van der Waals surface area contributed by atoms with Crippen molar-refractivity contribution in [2.45, 2.75) is 116 Å². The number of carbonyl (C=O) groups is 1. The Morgan fingerprint density at radius 2 is 0.651 bits per heavy atom. The van der Waals surface area contributed by atoms with Crippen molar-refractivity contribution in [3.63, 3.8) is 0 Å². The van der Waals surface area contributed by atoms with Crippen LogP contribution in [0.25, 0.3) is 10.8 Å². The average molecular weight is 1200 g/mol. The van der Waals surface area contributed by atoms with Gasteiger partial charge in [-0.15, -0.1) is 21.9 Å². The second-order valence-electron chi connectivity index (χ2n) is 19.6. The summed E-state index contributed by atoms with van der Waals surface area (Å²) in [6.45, 7) is 3.37. The molecule has 3 nitrogen and oxygen atoms in total. The minimum absolute atomic E-state index is 0.106. The fourth-order valence-electron chi connectivity index (χ4n) is 9.98. The highest BCUT2D eigenvalue weighted by Crippen LogP contribution is 2.31. The predicted octanol–water partition coefficient (Wildman–Crippen LogP) is 15.5. The standard InChI is InChI=1S/C35H50NO2.C24BF20/c1-2-3-4-5-6-7-8-9-10-11-12-13-14-15-16-19-28-38-34-24-22-32(23-25-34)35(37)30-36-27-26-31-20-17-18-21-33(31)29-36;26-5-1(6(27)14(35)21(42)13(5)34)25(2-7(28)15(36)22(43)16(37)8(2)29,3-9(30)17(38)23(44)18(39)10(3)31)4-11(32)19(40)24(45)20(41)12(4)33/h17-18,20-27,29H,2-16,19,28,30H2,1H3;/q+1;-1. The van der Waals surface area contributed by atoms with Crippen molar-refractivity contribution in [1.82, 2.24) is 0 Å². The van der Waals surface area contributed by atoms with E-state index in [0.29, 0.717) is 6.54 Å². The minimum Gasteiger partial charge on any atom is -0.494 e. The molecule has 0 aliphatic carbocycles. The molecule has 7 aromatic rings. The van der Waals surface area contributed by atoms with Crippen LogP contribution in [0.4, 0.5) is 87.8 Å². The number of ether oxygens (including phenoxy) is 1. The lowest BCUT2D eigenvalue weighted by Gasteiger charge is -2.44. The molecule has 0 amide bonds. The highest BCUT2D eigenvalue weighted by atomic mass is 19.2. The van der Waals surface area contributed by atoms with Gasteiger partial charge in [-0.1, -0.05) is 121 Å². The molecule has 0 atom stereocenters. The Kier molecular flexibility index (Phi) is 22.6. The zero-order valence-electron chi connectivity index (χ0n) is 44.0. The summed E-state index contributed by atoms with van der Waals surface area (Å²) in [6.07, 6.45) is 18.8. The highest BCUT2D eigenvalue weighted by molar-refractivity contribution is 7.20. The van der Waals surface area contributed by atoms with Crippen LogP contribution in [-0.2, 0) is 6.54 Å². The van der Waals surface area contributed by atoms with Crippen molar-refractivity contribution in [3.8, 4) is 5.75 Å². The van der Waals surface area contributed by atoms with Crippen molar-refractivity contribution in [2.24, 2.45) is 0 Å². The molecule has 6 aromatic carbocycles. The molecule has 0 bridgehead atoms. The zero-order chi connectivity index (χ0) is 61.0. The number of benzene rings is 6. The van der Waals surface area contributed by atoms with Crippen LogP contribution >= 0.6 is 0 Å². The molecule has 0 saturated heterocycles. The van der Waals surface area contributed by atoms with E-state index < -0.39 is 144 Å². The molecule has 1 heterocycles. The Balaban J connectivity index is 0.000000271. The number of Topliss-reactive ketones (excluding diaryl/α,β-unsaturated/α-hetero) is 1. The van der Waals surface area contributed by atoms with Crippen molar-refractivity contribution in [1.29, 1.82) is 0 Å². The molecule has 7 rings (SSSR count). The summed E-state index contributed by atoms with van der Waals surface area (Å²) >= 11 is 0. The summed E-state index contributed by atoms with van der Waals surface area (Å²) in [5.74, 6) is -70.5. The first-order valence-corrected chi connectivity index (χ1v) is 26.3. The summed E-state index contributed by atoms with van der Waals surface area (Å²) in [4.78, 5) is 12.7. The average Bonchev–Trinajstić information content (AvgIpc) is 0.799. The number of hydrogen-bond donors (Lipinski definition) is 0. The van der Waals surface area contributed by atoms with Crippen molar-refractivity contribution < 1.29 is 102 Å². The number of nitrogens with zero attached hydrogens (tertiary/aromatic N) is 1. The number of halogens is 20. The van der Waals surface area contributed by atoms with Crippen LogP contribution in [0.1, 0.15) is 120 Å². The Morgan fingerprint density at radius 3 is 0.976 bits per heavy atom. The fourth-order valence-corrected chi connectivity index (χ4v) is 9.98. The van der Waals surface area contributed by atoms with Gasteiger partial charge in [0.15, 0.2) is 82.2 Å². The Labute approximate surface area is 462 Å². The monoisotopic (exact) mass is 1200 g/mol. The SMILES string of the molecule is CCCCCCCCCCCCCCCCCCOc1ccc(C(=O)C[n+]2ccc3ccccc3c2)cc1.Fc1c(F)c(F)c([B-](c2c(F)c(F)c(F)c(F)c2F)(c2c(F)c(F)c(F)c(F)c2F)c2c(F)c(F)c(F)c(F)c2F)c(F)c1F. The number of fused-ring (bicyclic) bond motifs is 1. The van der Waals surface area contributed by atoms with E-state index in [4.69, 9.17) is 4.74 Å². The number of unbranched alkanes of at least 4 members (excludes halogenated alkanes) is 15. The zero-order valence-corrected chi connectivity index (χ0v) is 44.0. The molecular formula is C59H50BF20NO2. The van der Waals surface area contributed by atoms with E-state index >= 15 is 35.1 Å². The van der Waals surface area contributed by atoms with Crippen LogP contribution in [0.15, 0.2) is 67.0 Å². The van der Waals surface area contributed by atoms with Crippen LogP contribution in [0, 0.1) is 116 Å². The number of carbonyl (C=O) groups excluding carboxylic acids is 1. The molecule has 83 heavy (non-hydrogen) atoms. The third-order valence-corrected chi connectivity index (χ3v) is 14.2. The molecule has 1 aromatic heterocycles. The third kappa shape index (κ3) is 13.8. The van der Waals surface area contributed by atoms with Gasteiger partial charge in [0, 0.05) is 17.0 Å². The molecular weight excluding hydrogens is 1150 g/mol. The number of aromatic nitrogens is 1. The maximum absolute atomic E-state index is 15.4. The van der Waals surface area contributed by atoms with Gasteiger partial charge in [0.05, 0.1) is 6.61 Å². The summed E-state index contributed by atoms with van der Waals surface area (Å²) in [5.41, 5.74) is -13.6. The van der Waals surface area contributed by atoms with Crippen LogP contribution in [0.3, 0.4) is 0 Å². The van der Waals surface area contributed by atoms with Gasteiger partial charge in [0.25, 0.3) is 0 Å². The van der Waals surface area contributed by atoms with E-state index in [0.717, 1.165) is 29.7 Å². The highest BCUT2D eigenvalue weighted by Gasteiger charge is 2.52. The molecule has 446 valence electrons. The van der Waals surface area contributed by atoms with Crippen molar-refractivity contribution in [3.05, 3.63) is 189 Å². The molecule has 0 spiro atoms. The van der Waals surface area contributed by atoms with Crippen LogP contribution in [-0.4, -0.2) is 18.5 Å². The molecule has 0 fully saturated rings. The van der Waals surface area contributed by atoms with Crippen molar-refractivity contribution >= 4 is 44.6 Å². The van der Waals surface area contributed by atoms with Crippen LogP contribution in [0.2, 0.25) is 0 Å². The maximum atomic E-state index is 15.4. The van der Waals surface area contributed by atoms with Crippen molar-refractivity contribution in [2.75, 3.05) is 6.61 Å². The first-order valence-electron chi connectivity index (χ1n) is 26.3. The molecule has 0 aliphatic rings. The molecule has 0 radical (unpaired) electrons. The van der Waals surface area contributed by atoms with E-state index in [-0.39, 0.29) is 5.78 Å². The van der Waals surface area contributed by atoms with Gasteiger partial charge in [-0.3, -0.25) is 4.79 Å². The lowest BCUT2D eigenvalue weighted by molar-refractivity contribution is -0.681. The van der Waals surface area contributed by atoms with E-state index in [9.17, 15) is 57.5 Å². The van der Waals surface area contributed by atoms with Crippen LogP contribution in [0.5, 0.6) is 5.75 Å². The second-order valence-corrected chi connectivity index (χ2v) is 19.6.